The zero-order valence-electron chi connectivity index (χ0n) is 16.6. The molecule has 2 heterocycles. The van der Waals surface area contributed by atoms with Crippen LogP contribution in [-0.2, 0) is 11.0 Å². The number of fused-ring (bicyclic) bond motifs is 1. The lowest BCUT2D eigenvalue weighted by Gasteiger charge is -2.26. The Morgan fingerprint density at radius 2 is 1.87 bits per heavy atom. The third-order valence-electron chi connectivity index (χ3n) is 5.30. The summed E-state index contributed by atoms with van der Waals surface area (Å²) in [5.41, 5.74) is -0.245. The van der Waals surface area contributed by atoms with Gasteiger partial charge in [0, 0.05) is 25.1 Å². The molecule has 2 aliphatic heterocycles. The molecule has 1 unspecified atom stereocenters. The summed E-state index contributed by atoms with van der Waals surface area (Å²) in [4.78, 5) is 26.6. The quantitative estimate of drug-likeness (QED) is 0.782. The summed E-state index contributed by atoms with van der Waals surface area (Å²) in [7, 11) is 0. The first-order chi connectivity index (χ1) is 14.8. The molecule has 1 saturated heterocycles. The van der Waals surface area contributed by atoms with Crippen LogP contribution in [0.3, 0.4) is 0 Å². The molecule has 0 spiro atoms. The molecule has 164 valence electrons. The molecule has 4 rings (SSSR count). The molecule has 1 atom stereocenters. The third kappa shape index (κ3) is 4.76. The Bertz CT molecular complexity index is 993. The maximum absolute atomic E-state index is 13.2. The number of nitrogens with zero attached hydrogens (tertiary/aromatic N) is 1. The van der Waals surface area contributed by atoms with E-state index in [1.807, 2.05) is 0 Å². The Hall–Kier alpha value is -3.23. The Morgan fingerprint density at radius 1 is 1.10 bits per heavy atom. The summed E-state index contributed by atoms with van der Waals surface area (Å²) in [6.45, 7) is 1.38. The van der Waals surface area contributed by atoms with E-state index in [1.54, 1.807) is 17.0 Å². The van der Waals surface area contributed by atoms with Crippen molar-refractivity contribution in [2.24, 2.45) is 0 Å². The minimum Gasteiger partial charge on any atom is -0.486 e. The third-order valence-corrected chi connectivity index (χ3v) is 5.30. The molecule has 9 heteroatoms. The number of halogens is 3. The molecule has 1 N–H and O–H groups in total. The number of carbonyl (C=O) groups excluding carboxylic acids is 2. The average molecular weight is 434 g/mol. The molecular weight excluding hydrogens is 413 g/mol. The van der Waals surface area contributed by atoms with E-state index in [-0.39, 0.29) is 23.6 Å². The minimum atomic E-state index is -4.51. The highest BCUT2D eigenvalue weighted by Crippen LogP contribution is 2.33. The van der Waals surface area contributed by atoms with Gasteiger partial charge in [0.05, 0.1) is 11.6 Å². The van der Waals surface area contributed by atoms with Crippen molar-refractivity contribution in [2.75, 3.05) is 26.3 Å². The van der Waals surface area contributed by atoms with Crippen LogP contribution >= 0.6 is 0 Å². The molecule has 0 aliphatic carbocycles. The number of nitrogens with one attached hydrogen (secondary N) is 1. The standard InChI is InChI=1S/C22H21F3N2O4/c23-22(24,25)16-4-1-3-14(11-16)17(13-27-8-2-5-20(27)28)26-21(29)15-6-7-18-19(12-15)31-10-9-30-18/h1,3-4,6-7,11-12,17H,2,5,8-10,13H2,(H,26,29). The van der Waals surface area contributed by atoms with Crippen LogP contribution in [0.1, 0.15) is 40.4 Å². The van der Waals surface area contributed by atoms with Gasteiger partial charge in [0.1, 0.15) is 13.2 Å². The number of benzene rings is 2. The first kappa shape index (κ1) is 21.0. The molecule has 1 fully saturated rings. The van der Waals surface area contributed by atoms with E-state index >= 15 is 0 Å². The Kier molecular flexibility index (Phi) is 5.75. The highest BCUT2D eigenvalue weighted by molar-refractivity contribution is 5.95. The van der Waals surface area contributed by atoms with Gasteiger partial charge in [0.2, 0.25) is 5.91 Å². The normalized spacial score (nSPS) is 16.9. The van der Waals surface area contributed by atoms with Crippen LogP contribution in [-0.4, -0.2) is 43.0 Å². The number of rotatable bonds is 5. The number of alkyl halides is 3. The highest BCUT2D eigenvalue weighted by Gasteiger charge is 2.32. The van der Waals surface area contributed by atoms with Gasteiger partial charge in [-0.3, -0.25) is 9.59 Å². The molecule has 0 bridgehead atoms. The van der Waals surface area contributed by atoms with Gasteiger partial charge in [0.25, 0.3) is 5.91 Å². The van der Waals surface area contributed by atoms with E-state index < -0.39 is 23.7 Å². The molecule has 0 saturated carbocycles. The molecule has 2 aliphatic rings. The van der Waals surface area contributed by atoms with Crippen LogP contribution in [0.2, 0.25) is 0 Å². The van der Waals surface area contributed by atoms with Gasteiger partial charge in [-0.25, -0.2) is 0 Å². The molecule has 0 radical (unpaired) electrons. The predicted molar refractivity (Wildman–Crippen MR) is 105 cm³/mol. The fourth-order valence-electron chi connectivity index (χ4n) is 3.71. The maximum Gasteiger partial charge on any atom is 0.416 e. The first-order valence-electron chi connectivity index (χ1n) is 9.97. The summed E-state index contributed by atoms with van der Waals surface area (Å²) in [5, 5.41) is 2.79. The van der Waals surface area contributed by atoms with Crippen molar-refractivity contribution in [3.63, 3.8) is 0 Å². The summed E-state index contributed by atoms with van der Waals surface area (Å²) in [6.07, 6.45) is -3.43. The van der Waals surface area contributed by atoms with E-state index in [0.29, 0.717) is 44.1 Å². The Labute approximate surface area is 176 Å². The van der Waals surface area contributed by atoms with E-state index in [0.717, 1.165) is 12.1 Å². The number of ether oxygens (including phenoxy) is 2. The van der Waals surface area contributed by atoms with Crippen LogP contribution in [0, 0.1) is 0 Å². The first-order valence-corrected chi connectivity index (χ1v) is 9.97. The molecule has 31 heavy (non-hydrogen) atoms. The van der Waals surface area contributed by atoms with Crippen molar-refractivity contribution < 1.29 is 32.2 Å². The van der Waals surface area contributed by atoms with E-state index in [2.05, 4.69) is 5.32 Å². The summed E-state index contributed by atoms with van der Waals surface area (Å²) >= 11 is 0. The molecule has 2 amide bonds. The number of carbonyl (C=O) groups is 2. The van der Waals surface area contributed by atoms with Gasteiger partial charge in [-0.2, -0.15) is 13.2 Å². The smallest absolute Gasteiger partial charge is 0.416 e. The summed E-state index contributed by atoms with van der Waals surface area (Å²) in [5.74, 6) is 0.403. The zero-order valence-corrected chi connectivity index (χ0v) is 16.6. The van der Waals surface area contributed by atoms with E-state index in [9.17, 15) is 22.8 Å². The number of hydrogen-bond donors (Lipinski definition) is 1. The van der Waals surface area contributed by atoms with Crippen molar-refractivity contribution in [1.29, 1.82) is 0 Å². The largest absolute Gasteiger partial charge is 0.486 e. The lowest BCUT2D eigenvalue weighted by atomic mass is 10.0. The molecule has 6 nitrogen and oxygen atoms in total. The van der Waals surface area contributed by atoms with Gasteiger partial charge in [-0.15, -0.1) is 0 Å². The summed E-state index contributed by atoms with van der Waals surface area (Å²) in [6, 6.07) is 8.72. The van der Waals surface area contributed by atoms with Crippen molar-refractivity contribution in [3.05, 3.63) is 59.2 Å². The monoisotopic (exact) mass is 434 g/mol. The SMILES string of the molecule is O=C(NC(CN1CCCC1=O)c1cccc(C(F)(F)F)c1)c1ccc2c(c1)OCCO2. The topological polar surface area (TPSA) is 67.9 Å². The van der Waals surface area contributed by atoms with Crippen LogP contribution in [0.5, 0.6) is 11.5 Å². The van der Waals surface area contributed by atoms with Gasteiger partial charge in [-0.05, 0) is 42.3 Å². The maximum atomic E-state index is 13.2. The van der Waals surface area contributed by atoms with Crippen molar-refractivity contribution in [1.82, 2.24) is 10.2 Å². The second kappa shape index (κ2) is 8.49. The molecule has 2 aromatic rings. The number of amides is 2. The second-order valence-electron chi connectivity index (χ2n) is 7.45. The van der Waals surface area contributed by atoms with Crippen molar-refractivity contribution >= 4 is 11.8 Å². The lowest BCUT2D eigenvalue weighted by Crippen LogP contribution is -2.38. The zero-order chi connectivity index (χ0) is 22.0. The van der Waals surface area contributed by atoms with Crippen molar-refractivity contribution in [2.45, 2.75) is 25.1 Å². The molecule has 2 aromatic carbocycles. The Morgan fingerprint density at radius 3 is 2.58 bits per heavy atom. The lowest BCUT2D eigenvalue weighted by molar-refractivity contribution is -0.137. The summed E-state index contributed by atoms with van der Waals surface area (Å²) < 4.78 is 50.6. The van der Waals surface area contributed by atoms with Crippen LogP contribution in [0.15, 0.2) is 42.5 Å². The van der Waals surface area contributed by atoms with Gasteiger partial charge in [0.15, 0.2) is 11.5 Å². The fourth-order valence-corrected chi connectivity index (χ4v) is 3.71. The van der Waals surface area contributed by atoms with Gasteiger partial charge >= 0.3 is 6.18 Å². The van der Waals surface area contributed by atoms with E-state index in [4.69, 9.17) is 9.47 Å². The van der Waals surface area contributed by atoms with Crippen LogP contribution in [0.25, 0.3) is 0 Å². The predicted octanol–water partition coefficient (Wildman–Crippen LogP) is 3.57. The number of likely N-dealkylation sites (tertiary alicyclic amines) is 1. The highest BCUT2D eigenvalue weighted by atomic mass is 19.4. The minimum absolute atomic E-state index is 0.0782. The fraction of sp³-hybridized carbons (Fsp3) is 0.364. The van der Waals surface area contributed by atoms with E-state index in [1.165, 1.54) is 18.2 Å². The average Bonchev–Trinajstić information content (AvgIpc) is 3.16. The van der Waals surface area contributed by atoms with Crippen LogP contribution in [0.4, 0.5) is 13.2 Å². The van der Waals surface area contributed by atoms with Crippen LogP contribution < -0.4 is 14.8 Å². The number of hydrogen-bond acceptors (Lipinski definition) is 4. The molecule has 0 aromatic heterocycles. The van der Waals surface area contributed by atoms with Gasteiger partial charge in [-0.1, -0.05) is 12.1 Å². The second-order valence-corrected chi connectivity index (χ2v) is 7.45. The van der Waals surface area contributed by atoms with Crippen molar-refractivity contribution in [3.8, 4) is 11.5 Å². The molecular formula is C22H21F3N2O4. The van der Waals surface area contributed by atoms with Gasteiger partial charge < -0.3 is 19.7 Å². The Balaban J connectivity index is 1.60.